The number of ketones is 1. The third kappa shape index (κ3) is 6.45. The average Bonchev–Trinajstić information content (AvgIpc) is 2.96. The zero-order valence-electron chi connectivity index (χ0n) is 19.3. The van der Waals surface area contributed by atoms with Crippen LogP contribution in [-0.2, 0) is 28.7 Å². The molecule has 1 heterocycles. The number of primary amides is 1. The van der Waals surface area contributed by atoms with Crippen LogP contribution in [0.25, 0.3) is 0 Å². The van der Waals surface area contributed by atoms with Crippen molar-refractivity contribution in [1.29, 1.82) is 0 Å². The van der Waals surface area contributed by atoms with Gasteiger partial charge in [0.15, 0.2) is 6.61 Å². The van der Waals surface area contributed by atoms with E-state index in [1.807, 2.05) is 17.9 Å². The van der Waals surface area contributed by atoms with E-state index in [-0.39, 0.29) is 18.6 Å². The number of benzene rings is 1. The number of ether oxygens (including phenoxy) is 3. The summed E-state index contributed by atoms with van der Waals surface area (Å²) in [6.07, 6.45) is 1.36. The van der Waals surface area contributed by atoms with Crippen molar-refractivity contribution < 1.29 is 33.4 Å². The van der Waals surface area contributed by atoms with Crippen LogP contribution in [0.2, 0.25) is 0 Å². The Hall–Kier alpha value is -3.10. The second-order valence-electron chi connectivity index (χ2n) is 8.75. The molecule has 0 saturated heterocycles. The molecule has 0 radical (unpaired) electrons. The maximum absolute atomic E-state index is 12.7. The van der Waals surface area contributed by atoms with Gasteiger partial charge in [0.05, 0.1) is 12.5 Å². The van der Waals surface area contributed by atoms with Gasteiger partial charge in [-0.25, -0.2) is 4.79 Å². The highest BCUT2D eigenvalue weighted by Gasteiger charge is 2.43. The van der Waals surface area contributed by atoms with Crippen molar-refractivity contribution in [2.75, 3.05) is 24.7 Å². The van der Waals surface area contributed by atoms with Crippen LogP contribution in [0.1, 0.15) is 58.9 Å². The quantitative estimate of drug-likeness (QED) is 0.328. The lowest BCUT2D eigenvalue weighted by Gasteiger charge is -2.26. The molecule has 0 aromatic heterocycles. The van der Waals surface area contributed by atoms with E-state index >= 15 is 0 Å². The molecule has 9 nitrogen and oxygen atoms in total. The van der Waals surface area contributed by atoms with Crippen LogP contribution in [-0.4, -0.2) is 55.0 Å². The highest BCUT2D eigenvalue weighted by molar-refractivity contribution is 6.38. The van der Waals surface area contributed by atoms with Crippen LogP contribution in [0, 0.1) is 0 Å². The summed E-state index contributed by atoms with van der Waals surface area (Å²) in [7, 11) is 0. The van der Waals surface area contributed by atoms with Gasteiger partial charge in [-0.05, 0) is 52.7 Å². The van der Waals surface area contributed by atoms with Gasteiger partial charge in [-0.2, -0.15) is 0 Å². The predicted molar refractivity (Wildman–Crippen MR) is 117 cm³/mol. The third-order valence-corrected chi connectivity index (χ3v) is 5.03. The summed E-state index contributed by atoms with van der Waals surface area (Å²) < 4.78 is 16.0. The Balaban J connectivity index is 2.24. The number of Topliss-reactive ketones (excluding diaryl/α,β-unsaturated/α-hetero) is 1. The van der Waals surface area contributed by atoms with Gasteiger partial charge < -0.3 is 24.8 Å². The summed E-state index contributed by atoms with van der Waals surface area (Å²) in [5.41, 5.74) is 5.94. The maximum atomic E-state index is 12.7. The number of esters is 2. The molecule has 1 amide bonds. The highest BCUT2D eigenvalue weighted by atomic mass is 16.6. The number of amides is 1. The van der Waals surface area contributed by atoms with Crippen molar-refractivity contribution in [2.45, 2.75) is 65.0 Å². The molecule has 1 aliphatic rings. The number of fused-ring (bicyclic) bond motifs is 1. The average molecular weight is 449 g/mol. The van der Waals surface area contributed by atoms with Gasteiger partial charge in [0.25, 0.3) is 5.91 Å². The molecule has 0 saturated carbocycles. The van der Waals surface area contributed by atoms with Crippen molar-refractivity contribution in [3.05, 3.63) is 23.8 Å². The van der Waals surface area contributed by atoms with Crippen molar-refractivity contribution in [3.63, 3.8) is 0 Å². The molecule has 0 fully saturated rings. The normalized spacial score (nSPS) is 17.5. The molecule has 1 aromatic rings. The first-order valence-electron chi connectivity index (χ1n) is 10.6. The van der Waals surface area contributed by atoms with E-state index in [4.69, 9.17) is 19.9 Å². The van der Waals surface area contributed by atoms with Crippen LogP contribution >= 0.6 is 0 Å². The third-order valence-electron chi connectivity index (χ3n) is 5.03. The van der Waals surface area contributed by atoms with E-state index in [0.717, 1.165) is 5.69 Å². The van der Waals surface area contributed by atoms with E-state index in [1.54, 1.807) is 32.9 Å². The monoisotopic (exact) mass is 448 g/mol. The van der Waals surface area contributed by atoms with E-state index in [0.29, 0.717) is 37.3 Å². The first kappa shape index (κ1) is 25.2. The standard InChI is InChI=1S/C23H32N2O7/c1-14-19(21(28)22(24)29)20-16(25(14)11-6-7-12-30-15(2)26)9-8-10-17(20)31-13-18(27)32-23(3,4)5/h8-10,14,19H,6-7,11-13H2,1-5H3,(H2,24,29). The molecule has 2 atom stereocenters. The number of carbonyl (C=O) groups is 4. The van der Waals surface area contributed by atoms with Crippen LogP contribution < -0.4 is 15.4 Å². The van der Waals surface area contributed by atoms with Gasteiger partial charge >= 0.3 is 11.9 Å². The number of hydrogen-bond donors (Lipinski definition) is 1. The SMILES string of the molecule is CC(=O)OCCCCN1c2cccc(OCC(=O)OC(C)(C)C)c2C(C(=O)C(N)=O)C1C. The molecule has 2 rings (SSSR count). The summed E-state index contributed by atoms with van der Waals surface area (Å²) in [5, 5.41) is 0. The molecule has 32 heavy (non-hydrogen) atoms. The van der Waals surface area contributed by atoms with E-state index in [2.05, 4.69) is 0 Å². The molecular formula is C23H32N2O7. The van der Waals surface area contributed by atoms with Crippen LogP contribution in [0.5, 0.6) is 5.75 Å². The number of carbonyl (C=O) groups excluding carboxylic acids is 4. The van der Waals surface area contributed by atoms with E-state index < -0.39 is 29.2 Å². The van der Waals surface area contributed by atoms with Crippen molar-refractivity contribution in [3.8, 4) is 5.75 Å². The molecule has 2 N–H and O–H groups in total. The zero-order valence-corrected chi connectivity index (χ0v) is 19.3. The Labute approximate surface area is 188 Å². The van der Waals surface area contributed by atoms with Gasteiger partial charge in [-0.3, -0.25) is 14.4 Å². The Bertz CT molecular complexity index is 876. The lowest BCUT2D eigenvalue weighted by atomic mass is 9.90. The lowest BCUT2D eigenvalue weighted by molar-refractivity contribution is -0.157. The summed E-state index contributed by atoms with van der Waals surface area (Å²) in [6.45, 7) is 9.03. The van der Waals surface area contributed by atoms with Gasteiger partial charge in [0.2, 0.25) is 5.78 Å². The van der Waals surface area contributed by atoms with Gasteiger partial charge in [0, 0.05) is 30.8 Å². The summed E-state index contributed by atoms with van der Waals surface area (Å²) in [6, 6.07) is 4.91. The van der Waals surface area contributed by atoms with Crippen LogP contribution in [0.3, 0.4) is 0 Å². The largest absolute Gasteiger partial charge is 0.482 e. The van der Waals surface area contributed by atoms with E-state index in [9.17, 15) is 19.2 Å². The van der Waals surface area contributed by atoms with Crippen molar-refractivity contribution >= 4 is 29.3 Å². The second kappa shape index (κ2) is 10.5. The molecule has 176 valence electrons. The molecule has 0 bridgehead atoms. The van der Waals surface area contributed by atoms with Crippen molar-refractivity contribution in [2.24, 2.45) is 5.73 Å². The number of hydrogen-bond acceptors (Lipinski definition) is 8. The Morgan fingerprint density at radius 3 is 2.41 bits per heavy atom. The molecular weight excluding hydrogens is 416 g/mol. The minimum absolute atomic E-state index is 0.313. The number of nitrogens with zero attached hydrogens (tertiary/aromatic N) is 1. The fourth-order valence-electron chi connectivity index (χ4n) is 3.80. The number of nitrogens with two attached hydrogens (primary N) is 1. The smallest absolute Gasteiger partial charge is 0.344 e. The molecule has 2 unspecified atom stereocenters. The summed E-state index contributed by atoms with van der Waals surface area (Å²) >= 11 is 0. The van der Waals surface area contributed by atoms with Crippen molar-refractivity contribution in [1.82, 2.24) is 0 Å². The number of anilines is 1. The molecule has 1 aromatic carbocycles. The minimum atomic E-state index is -1.02. The molecule has 1 aliphatic heterocycles. The molecule has 0 spiro atoms. The predicted octanol–water partition coefficient (Wildman–Crippen LogP) is 2.10. The fourth-order valence-corrected chi connectivity index (χ4v) is 3.80. The minimum Gasteiger partial charge on any atom is -0.482 e. The lowest BCUT2D eigenvalue weighted by Crippen LogP contribution is -2.39. The zero-order chi connectivity index (χ0) is 24.1. The maximum Gasteiger partial charge on any atom is 0.344 e. The van der Waals surface area contributed by atoms with Gasteiger partial charge in [0.1, 0.15) is 11.4 Å². The molecule has 0 aliphatic carbocycles. The fraction of sp³-hybridized carbons (Fsp3) is 0.565. The number of unbranched alkanes of at least 4 members (excludes halogenated alkanes) is 1. The topological polar surface area (TPSA) is 125 Å². The van der Waals surface area contributed by atoms with Crippen LogP contribution in [0.15, 0.2) is 18.2 Å². The van der Waals surface area contributed by atoms with Gasteiger partial charge in [-0.1, -0.05) is 6.07 Å². The van der Waals surface area contributed by atoms with Crippen LogP contribution in [0.4, 0.5) is 5.69 Å². The van der Waals surface area contributed by atoms with Gasteiger partial charge in [-0.15, -0.1) is 0 Å². The Kier molecular flexibility index (Phi) is 8.24. The van der Waals surface area contributed by atoms with E-state index in [1.165, 1.54) is 6.92 Å². The molecule has 9 heteroatoms. The summed E-state index contributed by atoms with van der Waals surface area (Å²) in [4.78, 5) is 49.5. The Morgan fingerprint density at radius 1 is 1.12 bits per heavy atom. The Morgan fingerprint density at radius 2 is 1.81 bits per heavy atom. The highest BCUT2D eigenvalue weighted by Crippen LogP contribution is 2.46. The first-order valence-corrected chi connectivity index (χ1v) is 10.6. The number of rotatable bonds is 10. The first-order chi connectivity index (χ1) is 14.9. The summed E-state index contributed by atoms with van der Waals surface area (Å²) in [5.74, 6) is -3.08. The second-order valence-corrected chi connectivity index (χ2v) is 8.75.